The van der Waals surface area contributed by atoms with Gasteiger partial charge in [0, 0.05) is 19.6 Å². The molecule has 24 heavy (non-hydrogen) atoms. The standard InChI is InChI=1S/C22H28N2/c1-3-7-19(8-4-1)15-23-17-21-11-13-22(14-12-21)18-24-16-20-9-5-2-6-10-20/h1-5,7-8,11-14,20,23-24H,6,9-10,15-18H2/t20-/m1/s1. The molecule has 0 radical (unpaired) electrons. The van der Waals surface area contributed by atoms with Gasteiger partial charge < -0.3 is 10.6 Å². The van der Waals surface area contributed by atoms with E-state index in [0.717, 1.165) is 32.1 Å². The van der Waals surface area contributed by atoms with Crippen LogP contribution in [0.3, 0.4) is 0 Å². The molecule has 2 nitrogen and oxygen atoms in total. The van der Waals surface area contributed by atoms with Crippen molar-refractivity contribution in [2.45, 2.75) is 38.9 Å². The Hall–Kier alpha value is -1.90. The molecule has 3 rings (SSSR count). The van der Waals surface area contributed by atoms with Crippen molar-refractivity contribution in [3.8, 4) is 0 Å². The van der Waals surface area contributed by atoms with Crippen molar-refractivity contribution in [2.75, 3.05) is 6.54 Å². The summed E-state index contributed by atoms with van der Waals surface area (Å²) in [4.78, 5) is 0. The van der Waals surface area contributed by atoms with Crippen LogP contribution in [0.1, 0.15) is 36.0 Å². The number of nitrogens with one attached hydrogen (secondary N) is 2. The number of rotatable bonds is 8. The highest BCUT2D eigenvalue weighted by molar-refractivity contribution is 5.22. The zero-order valence-corrected chi connectivity index (χ0v) is 14.4. The third kappa shape index (κ3) is 5.63. The lowest BCUT2D eigenvalue weighted by Crippen LogP contribution is -2.23. The molecule has 1 aliphatic rings. The summed E-state index contributed by atoms with van der Waals surface area (Å²) in [5, 5.41) is 7.11. The molecule has 1 aliphatic carbocycles. The molecular formula is C22H28N2. The fourth-order valence-corrected chi connectivity index (χ4v) is 3.18. The molecule has 2 aromatic carbocycles. The largest absolute Gasteiger partial charge is 0.312 e. The molecule has 0 saturated carbocycles. The van der Waals surface area contributed by atoms with Crippen molar-refractivity contribution in [3.63, 3.8) is 0 Å². The molecule has 0 aromatic heterocycles. The van der Waals surface area contributed by atoms with Gasteiger partial charge in [0.25, 0.3) is 0 Å². The van der Waals surface area contributed by atoms with Gasteiger partial charge in [0.2, 0.25) is 0 Å². The fraction of sp³-hybridized carbons (Fsp3) is 0.364. The molecule has 0 aliphatic heterocycles. The summed E-state index contributed by atoms with van der Waals surface area (Å²) < 4.78 is 0. The SMILES string of the molecule is C1=CC[C@@H](CNCc2ccc(CNCc3ccccc3)cc2)CC1. The zero-order chi connectivity index (χ0) is 16.5. The second-order valence-corrected chi connectivity index (χ2v) is 6.69. The molecule has 126 valence electrons. The first kappa shape index (κ1) is 16.9. The Bertz CT molecular complexity index is 616. The molecule has 0 spiro atoms. The van der Waals surface area contributed by atoms with Crippen LogP contribution in [0.15, 0.2) is 66.7 Å². The van der Waals surface area contributed by atoms with Crippen LogP contribution in [0, 0.1) is 5.92 Å². The van der Waals surface area contributed by atoms with Gasteiger partial charge in [0.05, 0.1) is 0 Å². The number of hydrogen-bond acceptors (Lipinski definition) is 2. The normalized spacial score (nSPS) is 17.1. The molecule has 0 heterocycles. The summed E-state index contributed by atoms with van der Waals surface area (Å²) in [6, 6.07) is 19.5. The van der Waals surface area contributed by atoms with Crippen molar-refractivity contribution in [3.05, 3.63) is 83.4 Å². The van der Waals surface area contributed by atoms with Crippen LogP contribution in [0.5, 0.6) is 0 Å². The highest BCUT2D eigenvalue weighted by atomic mass is 14.9. The summed E-state index contributed by atoms with van der Waals surface area (Å²) in [7, 11) is 0. The van der Waals surface area contributed by atoms with E-state index in [4.69, 9.17) is 0 Å². The number of allylic oxidation sites excluding steroid dienone is 2. The lowest BCUT2D eigenvalue weighted by Gasteiger charge is -2.18. The second-order valence-electron chi connectivity index (χ2n) is 6.69. The predicted octanol–water partition coefficient (Wildman–Crippen LogP) is 4.42. The smallest absolute Gasteiger partial charge is 0.0208 e. The van der Waals surface area contributed by atoms with Gasteiger partial charge in [-0.15, -0.1) is 0 Å². The van der Waals surface area contributed by atoms with Gasteiger partial charge in [-0.2, -0.15) is 0 Å². The van der Waals surface area contributed by atoms with E-state index in [2.05, 4.69) is 77.4 Å². The topological polar surface area (TPSA) is 24.1 Å². The van der Waals surface area contributed by atoms with Crippen molar-refractivity contribution in [1.82, 2.24) is 10.6 Å². The minimum Gasteiger partial charge on any atom is -0.312 e. The molecule has 0 saturated heterocycles. The van der Waals surface area contributed by atoms with Crippen LogP contribution in [0.4, 0.5) is 0 Å². The van der Waals surface area contributed by atoms with E-state index in [0.29, 0.717) is 0 Å². The van der Waals surface area contributed by atoms with Crippen LogP contribution in [0.25, 0.3) is 0 Å². The minimum absolute atomic E-state index is 0.816. The Labute approximate surface area is 146 Å². The Balaban J connectivity index is 1.36. The molecule has 0 amide bonds. The van der Waals surface area contributed by atoms with Crippen LogP contribution >= 0.6 is 0 Å². The van der Waals surface area contributed by atoms with Gasteiger partial charge in [-0.05, 0) is 48.4 Å². The van der Waals surface area contributed by atoms with Gasteiger partial charge in [-0.1, -0.05) is 66.7 Å². The maximum absolute atomic E-state index is 3.61. The lowest BCUT2D eigenvalue weighted by molar-refractivity contribution is 0.440. The van der Waals surface area contributed by atoms with Crippen LogP contribution in [-0.4, -0.2) is 6.54 Å². The molecule has 2 heteroatoms. The maximum atomic E-state index is 3.61. The Kier molecular flexibility index (Phi) is 6.64. The van der Waals surface area contributed by atoms with E-state index in [1.165, 1.54) is 36.0 Å². The van der Waals surface area contributed by atoms with Gasteiger partial charge in [0.1, 0.15) is 0 Å². The first-order chi connectivity index (χ1) is 11.9. The summed E-state index contributed by atoms with van der Waals surface area (Å²) in [5.41, 5.74) is 4.04. The van der Waals surface area contributed by atoms with E-state index in [1.807, 2.05) is 0 Å². The van der Waals surface area contributed by atoms with E-state index in [9.17, 15) is 0 Å². The number of benzene rings is 2. The van der Waals surface area contributed by atoms with Crippen LogP contribution < -0.4 is 10.6 Å². The van der Waals surface area contributed by atoms with Crippen molar-refractivity contribution >= 4 is 0 Å². The van der Waals surface area contributed by atoms with Crippen molar-refractivity contribution in [2.24, 2.45) is 5.92 Å². The zero-order valence-electron chi connectivity index (χ0n) is 14.4. The first-order valence-corrected chi connectivity index (χ1v) is 9.08. The van der Waals surface area contributed by atoms with Crippen molar-refractivity contribution in [1.29, 1.82) is 0 Å². The average Bonchev–Trinajstić information content (AvgIpc) is 2.65. The van der Waals surface area contributed by atoms with Gasteiger partial charge >= 0.3 is 0 Å². The van der Waals surface area contributed by atoms with Gasteiger partial charge in [-0.3, -0.25) is 0 Å². The predicted molar refractivity (Wildman–Crippen MR) is 102 cm³/mol. The summed E-state index contributed by atoms with van der Waals surface area (Å²) >= 11 is 0. The van der Waals surface area contributed by atoms with Crippen LogP contribution in [-0.2, 0) is 19.6 Å². The van der Waals surface area contributed by atoms with Crippen LogP contribution in [0.2, 0.25) is 0 Å². The molecule has 0 bridgehead atoms. The number of hydrogen-bond donors (Lipinski definition) is 2. The molecule has 0 unspecified atom stereocenters. The Morgan fingerprint density at radius 1 is 0.708 bits per heavy atom. The highest BCUT2D eigenvalue weighted by Gasteiger charge is 2.08. The molecule has 0 fully saturated rings. The van der Waals surface area contributed by atoms with E-state index >= 15 is 0 Å². The summed E-state index contributed by atoms with van der Waals surface area (Å²) in [5.74, 6) is 0.816. The Morgan fingerprint density at radius 2 is 1.33 bits per heavy atom. The molecule has 2 N–H and O–H groups in total. The highest BCUT2D eigenvalue weighted by Crippen LogP contribution is 2.17. The lowest BCUT2D eigenvalue weighted by atomic mass is 9.94. The molecular weight excluding hydrogens is 292 g/mol. The third-order valence-electron chi connectivity index (χ3n) is 4.66. The Morgan fingerprint density at radius 3 is 1.96 bits per heavy atom. The quantitative estimate of drug-likeness (QED) is 0.704. The summed E-state index contributed by atoms with van der Waals surface area (Å²) in [6.45, 7) is 3.93. The fourth-order valence-electron chi connectivity index (χ4n) is 3.18. The van der Waals surface area contributed by atoms with E-state index in [-0.39, 0.29) is 0 Å². The van der Waals surface area contributed by atoms with E-state index < -0.39 is 0 Å². The molecule has 1 atom stereocenters. The average molecular weight is 320 g/mol. The maximum Gasteiger partial charge on any atom is 0.0208 e. The minimum atomic E-state index is 0.816. The second kappa shape index (κ2) is 9.41. The summed E-state index contributed by atoms with van der Waals surface area (Å²) in [6.07, 6.45) is 8.44. The molecule has 2 aromatic rings. The van der Waals surface area contributed by atoms with Crippen molar-refractivity contribution < 1.29 is 0 Å². The first-order valence-electron chi connectivity index (χ1n) is 9.08. The third-order valence-corrected chi connectivity index (χ3v) is 4.66. The van der Waals surface area contributed by atoms with Gasteiger partial charge in [0.15, 0.2) is 0 Å². The monoisotopic (exact) mass is 320 g/mol. The van der Waals surface area contributed by atoms with E-state index in [1.54, 1.807) is 0 Å². The van der Waals surface area contributed by atoms with Gasteiger partial charge in [-0.25, -0.2) is 0 Å².